The van der Waals surface area contributed by atoms with Crippen LogP contribution in [0.2, 0.25) is 0 Å². The van der Waals surface area contributed by atoms with Gasteiger partial charge in [-0.2, -0.15) is 0 Å². The number of hydrogen-bond acceptors (Lipinski definition) is 4. The third-order valence-corrected chi connectivity index (χ3v) is 3.24. The number of anilines is 2. The average Bonchev–Trinajstić information content (AvgIpc) is 2.45. The van der Waals surface area contributed by atoms with Crippen molar-refractivity contribution < 1.29 is 0 Å². The standard InChI is InChI=1S/C15H20N4/c1-4-13-14(16-3)18-10-19-15(13)17-9-12-8-6-5-7-11(12)2/h5-8,10H,4,9H2,1-3H3,(H2,16,17,18,19). The minimum absolute atomic E-state index is 0.778. The molecule has 1 heterocycles. The smallest absolute Gasteiger partial charge is 0.134 e. The second-order valence-electron chi connectivity index (χ2n) is 4.43. The van der Waals surface area contributed by atoms with Gasteiger partial charge in [-0.3, -0.25) is 0 Å². The minimum Gasteiger partial charge on any atom is -0.373 e. The molecule has 2 N–H and O–H groups in total. The SMILES string of the molecule is CCc1c(NC)ncnc1NCc1ccccc1C. The van der Waals surface area contributed by atoms with Crippen LogP contribution in [0.1, 0.15) is 23.6 Å². The molecule has 0 radical (unpaired) electrons. The lowest BCUT2D eigenvalue weighted by atomic mass is 10.1. The summed E-state index contributed by atoms with van der Waals surface area (Å²) in [7, 11) is 1.88. The molecule has 0 aliphatic carbocycles. The Hall–Kier alpha value is -2.10. The lowest BCUT2D eigenvalue weighted by Gasteiger charge is -2.13. The molecule has 1 aromatic heterocycles. The summed E-state index contributed by atoms with van der Waals surface area (Å²) in [5, 5.41) is 6.51. The van der Waals surface area contributed by atoms with Gasteiger partial charge in [0.05, 0.1) is 0 Å². The fourth-order valence-electron chi connectivity index (χ4n) is 2.10. The third-order valence-electron chi connectivity index (χ3n) is 3.24. The van der Waals surface area contributed by atoms with E-state index in [4.69, 9.17) is 0 Å². The molecule has 2 aromatic rings. The Balaban J connectivity index is 2.18. The van der Waals surface area contributed by atoms with Crippen molar-refractivity contribution in [2.45, 2.75) is 26.8 Å². The molecular weight excluding hydrogens is 236 g/mol. The van der Waals surface area contributed by atoms with Crippen LogP contribution in [0.4, 0.5) is 11.6 Å². The van der Waals surface area contributed by atoms with Crippen molar-refractivity contribution in [2.75, 3.05) is 17.7 Å². The van der Waals surface area contributed by atoms with E-state index in [0.29, 0.717) is 0 Å². The van der Waals surface area contributed by atoms with Crippen molar-refractivity contribution in [2.24, 2.45) is 0 Å². The van der Waals surface area contributed by atoms with Crippen molar-refractivity contribution in [3.05, 3.63) is 47.3 Å². The van der Waals surface area contributed by atoms with Crippen molar-refractivity contribution in [1.82, 2.24) is 9.97 Å². The molecule has 4 heteroatoms. The average molecular weight is 256 g/mol. The summed E-state index contributed by atoms with van der Waals surface area (Å²) in [4.78, 5) is 8.58. The third kappa shape index (κ3) is 3.02. The Labute approximate surface area is 114 Å². The predicted octanol–water partition coefficient (Wildman–Crippen LogP) is 3.00. The van der Waals surface area contributed by atoms with Crippen LogP contribution < -0.4 is 10.6 Å². The van der Waals surface area contributed by atoms with E-state index in [0.717, 1.165) is 30.2 Å². The fourth-order valence-corrected chi connectivity index (χ4v) is 2.10. The monoisotopic (exact) mass is 256 g/mol. The molecule has 1 aromatic carbocycles. The highest BCUT2D eigenvalue weighted by Gasteiger charge is 2.08. The molecule has 0 bridgehead atoms. The van der Waals surface area contributed by atoms with Crippen LogP contribution in [-0.4, -0.2) is 17.0 Å². The van der Waals surface area contributed by atoms with Gasteiger partial charge >= 0.3 is 0 Å². The van der Waals surface area contributed by atoms with Gasteiger partial charge in [-0.05, 0) is 24.5 Å². The topological polar surface area (TPSA) is 49.8 Å². The molecule has 0 aliphatic heterocycles. The molecule has 0 unspecified atom stereocenters. The van der Waals surface area contributed by atoms with Crippen LogP contribution >= 0.6 is 0 Å². The molecular formula is C15H20N4. The van der Waals surface area contributed by atoms with E-state index in [9.17, 15) is 0 Å². The zero-order valence-corrected chi connectivity index (χ0v) is 11.7. The second kappa shape index (κ2) is 6.18. The Kier molecular flexibility index (Phi) is 4.34. The predicted molar refractivity (Wildman–Crippen MR) is 79.5 cm³/mol. The molecule has 0 atom stereocenters. The summed E-state index contributed by atoms with van der Waals surface area (Å²) >= 11 is 0. The fraction of sp³-hybridized carbons (Fsp3) is 0.333. The second-order valence-corrected chi connectivity index (χ2v) is 4.43. The zero-order chi connectivity index (χ0) is 13.7. The maximum Gasteiger partial charge on any atom is 0.134 e. The summed E-state index contributed by atoms with van der Waals surface area (Å²) in [5.41, 5.74) is 3.70. The number of rotatable bonds is 5. The summed E-state index contributed by atoms with van der Waals surface area (Å²) in [6.07, 6.45) is 2.48. The first-order chi connectivity index (χ1) is 9.26. The van der Waals surface area contributed by atoms with E-state index >= 15 is 0 Å². The number of nitrogens with zero attached hydrogens (tertiary/aromatic N) is 2. The van der Waals surface area contributed by atoms with E-state index in [1.807, 2.05) is 7.05 Å². The first-order valence-electron chi connectivity index (χ1n) is 6.56. The molecule has 0 saturated heterocycles. The lowest BCUT2D eigenvalue weighted by molar-refractivity contribution is 1.01. The summed E-state index contributed by atoms with van der Waals surface area (Å²) < 4.78 is 0. The lowest BCUT2D eigenvalue weighted by Crippen LogP contribution is -2.08. The van der Waals surface area contributed by atoms with Gasteiger partial charge in [0.25, 0.3) is 0 Å². The molecule has 0 amide bonds. The summed E-state index contributed by atoms with van der Waals surface area (Å²) in [5.74, 6) is 1.80. The van der Waals surface area contributed by atoms with Gasteiger partial charge in [-0.15, -0.1) is 0 Å². The van der Waals surface area contributed by atoms with Gasteiger partial charge in [0.1, 0.15) is 18.0 Å². The van der Waals surface area contributed by atoms with Crippen molar-refractivity contribution in [3.8, 4) is 0 Å². The maximum atomic E-state index is 4.34. The highest BCUT2D eigenvalue weighted by molar-refractivity contribution is 5.57. The molecule has 0 saturated carbocycles. The number of aromatic nitrogens is 2. The van der Waals surface area contributed by atoms with Gasteiger partial charge in [0, 0.05) is 19.2 Å². The largest absolute Gasteiger partial charge is 0.373 e. The van der Waals surface area contributed by atoms with Gasteiger partial charge in [-0.25, -0.2) is 9.97 Å². The molecule has 19 heavy (non-hydrogen) atoms. The highest BCUT2D eigenvalue weighted by atomic mass is 15.1. The number of nitrogens with one attached hydrogen (secondary N) is 2. The van der Waals surface area contributed by atoms with Crippen molar-refractivity contribution in [3.63, 3.8) is 0 Å². The van der Waals surface area contributed by atoms with Crippen LogP contribution in [0.25, 0.3) is 0 Å². The van der Waals surface area contributed by atoms with Gasteiger partial charge < -0.3 is 10.6 Å². The minimum atomic E-state index is 0.778. The Morgan fingerprint density at radius 3 is 2.53 bits per heavy atom. The van der Waals surface area contributed by atoms with Crippen LogP contribution in [0.3, 0.4) is 0 Å². The van der Waals surface area contributed by atoms with Crippen LogP contribution in [0.15, 0.2) is 30.6 Å². The van der Waals surface area contributed by atoms with Crippen LogP contribution in [0, 0.1) is 6.92 Å². The number of aryl methyl sites for hydroxylation is 1. The number of benzene rings is 1. The molecule has 0 fully saturated rings. The van der Waals surface area contributed by atoms with Crippen LogP contribution in [-0.2, 0) is 13.0 Å². The highest BCUT2D eigenvalue weighted by Crippen LogP contribution is 2.20. The van der Waals surface area contributed by atoms with Gasteiger partial charge in [0.15, 0.2) is 0 Å². The van der Waals surface area contributed by atoms with E-state index in [-0.39, 0.29) is 0 Å². The maximum absolute atomic E-state index is 4.34. The first kappa shape index (κ1) is 13.3. The van der Waals surface area contributed by atoms with Gasteiger partial charge in [0.2, 0.25) is 0 Å². The molecule has 4 nitrogen and oxygen atoms in total. The first-order valence-corrected chi connectivity index (χ1v) is 6.56. The normalized spacial score (nSPS) is 10.3. The Bertz CT molecular complexity index is 552. The van der Waals surface area contributed by atoms with Crippen molar-refractivity contribution >= 4 is 11.6 Å². The molecule has 0 spiro atoms. The Morgan fingerprint density at radius 2 is 1.84 bits per heavy atom. The van der Waals surface area contributed by atoms with E-state index in [1.165, 1.54) is 11.1 Å². The zero-order valence-electron chi connectivity index (χ0n) is 11.7. The summed E-state index contributed by atoms with van der Waals surface area (Å²) in [6, 6.07) is 8.37. The summed E-state index contributed by atoms with van der Waals surface area (Å²) in [6.45, 7) is 5.01. The molecule has 0 aliphatic rings. The van der Waals surface area contributed by atoms with E-state index < -0.39 is 0 Å². The Morgan fingerprint density at radius 1 is 1.11 bits per heavy atom. The van der Waals surface area contributed by atoms with E-state index in [1.54, 1.807) is 6.33 Å². The quantitative estimate of drug-likeness (QED) is 0.863. The van der Waals surface area contributed by atoms with Crippen LogP contribution in [0.5, 0.6) is 0 Å². The molecule has 100 valence electrons. The van der Waals surface area contributed by atoms with Gasteiger partial charge in [-0.1, -0.05) is 31.2 Å². The number of hydrogen-bond donors (Lipinski definition) is 2. The van der Waals surface area contributed by atoms with Crippen molar-refractivity contribution in [1.29, 1.82) is 0 Å². The molecule has 2 rings (SSSR count). The van der Waals surface area contributed by atoms with E-state index in [2.05, 4.69) is 58.7 Å².